The molecule has 0 saturated carbocycles. The molecule has 1 heterocycles. The van der Waals surface area contributed by atoms with Gasteiger partial charge in [0, 0.05) is 14.1 Å². The minimum absolute atomic E-state index is 0.0227. The summed E-state index contributed by atoms with van der Waals surface area (Å²) in [4.78, 5) is 38.3. The van der Waals surface area contributed by atoms with E-state index < -0.39 is 17.9 Å². The predicted molar refractivity (Wildman–Crippen MR) is 106 cm³/mol. The van der Waals surface area contributed by atoms with Crippen LogP contribution in [-0.4, -0.2) is 53.0 Å². The Morgan fingerprint density at radius 3 is 2.52 bits per heavy atom. The summed E-state index contributed by atoms with van der Waals surface area (Å²) in [6.45, 7) is 1.79. The van der Waals surface area contributed by atoms with Crippen molar-refractivity contribution >= 4 is 51.1 Å². The van der Waals surface area contributed by atoms with E-state index in [-0.39, 0.29) is 27.5 Å². The number of amides is 3. The van der Waals surface area contributed by atoms with E-state index in [1.54, 1.807) is 45.3 Å². The van der Waals surface area contributed by atoms with Crippen LogP contribution in [0.25, 0.3) is 0 Å². The first-order valence-electron chi connectivity index (χ1n) is 8.08. The molecule has 2 rings (SSSR count). The monoisotopic (exact) mass is 455 g/mol. The van der Waals surface area contributed by atoms with Gasteiger partial charge in [0.15, 0.2) is 5.69 Å². The van der Waals surface area contributed by atoms with Crippen LogP contribution in [0.1, 0.15) is 34.2 Å². The van der Waals surface area contributed by atoms with Crippen molar-refractivity contribution in [1.82, 2.24) is 20.4 Å². The number of hydrogen-bond acceptors (Lipinski definition) is 4. The van der Waals surface area contributed by atoms with Gasteiger partial charge in [-0.05, 0) is 34.5 Å². The van der Waals surface area contributed by atoms with Crippen molar-refractivity contribution in [1.29, 1.82) is 0 Å². The number of halogens is 2. The topological polar surface area (TPSA) is 107 Å². The molecule has 0 radical (unpaired) electrons. The van der Waals surface area contributed by atoms with E-state index in [4.69, 9.17) is 11.6 Å². The average molecular weight is 457 g/mol. The van der Waals surface area contributed by atoms with E-state index in [9.17, 15) is 14.4 Å². The fourth-order valence-corrected chi connectivity index (χ4v) is 2.94. The van der Waals surface area contributed by atoms with Gasteiger partial charge in [-0.2, -0.15) is 5.10 Å². The summed E-state index contributed by atoms with van der Waals surface area (Å²) in [5, 5.41) is 12.1. The van der Waals surface area contributed by atoms with Gasteiger partial charge in [0.05, 0.1) is 15.1 Å². The molecule has 0 unspecified atom stereocenters. The molecule has 1 atom stereocenters. The van der Waals surface area contributed by atoms with Crippen LogP contribution < -0.4 is 10.6 Å². The smallest absolute Gasteiger partial charge is 0.273 e. The van der Waals surface area contributed by atoms with Crippen LogP contribution in [0.3, 0.4) is 0 Å². The molecular formula is C17H19BrClN5O3. The van der Waals surface area contributed by atoms with Crippen molar-refractivity contribution in [2.24, 2.45) is 0 Å². The number of aromatic amines is 1. The van der Waals surface area contributed by atoms with E-state index in [2.05, 4.69) is 36.8 Å². The van der Waals surface area contributed by atoms with Crippen molar-refractivity contribution < 1.29 is 14.4 Å². The SMILES string of the molecule is CC[C@@H](NC(=O)c1n[nH]c(NC(=O)c2ccccc2Cl)c1Br)C(=O)N(C)C. The number of nitrogens with zero attached hydrogens (tertiary/aromatic N) is 2. The number of aromatic nitrogens is 2. The van der Waals surface area contributed by atoms with Gasteiger partial charge in [-0.1, -0.05) is 30.7 Å². The zero-order valence-corrected chi connectivity index (χ0v) is 17.3. The third kappa shape index (κ3) is 4.86. The molecule has 3 amide bonds. The molecule has 3 N–H and O–H groups in total. The van der Waals surface area contributed by atoms with Crippen molar-refractivity contribution in [3.8, 4) is 0 Å². The van der Waals surface area contributed by atoms with E-state index in [0.717, 1.165) is 0 Å². The van der Waals surface area contributed by atoms with Gasteiger partial charge < -0.3 is 15.5 Å². The van der Waals surface area contributed by atoms with Crippen molar-refractivity contribution in [3.05, 3.63) is 45.0 Å². The lowest BCUT2D eigenvalue weighted by atomic mass is 10.2. The molecule has 0 spiro atoms. The largest absolute Gasteiger partial charge is 0.347 e. The van der Waals surface area contributed by atoms with Gasteiger partial charge in [-0.3, -0.25) is 19.5 Å². The Morgan fingerprint density at radius 1 is 1.26 bits per heavy atom. The number of anilines is 1. The van der Waals surface area contributed by atoms with E-state index >= 15 is 0 Å². The molecule has 0 aliphatic rings. The van der Waals surface area contributed by atoms with Gasteiger partial charge in [-0.15, -0.1) is 0 Å². The Bertz CT molecular complexity index is 868. The highest BCUT2D eigenvalue weighted by Crippen LogP contribution is 2.25. The maximum atomic E-state index is 12.5. The minimum Gasteiger partial charge on any atom is -0.347 e. The van der Waals surface area contributed by atoms with Crippen molar-refractivity contribution in [2.75, 3.05) is 19.4 Å². The summed E-state index contributed by atoms with van der Waals surface area (Å²) in [7, 11) is 3.23. The molecule has 0 aliphatic carbocycles. The van der Waals surface area contributed by atoms with Crippen LogP contribution in [0.15, 0.2) is 28.7 Å². The van der Waals surface area contributed by atoms with Crippen LogP contribution in [0, 0.1) is 0 Å². The van der Waals surface area contributed by atoms with E-state index in [1.807, 2.05) is 0 Å². The number of benzene rings is 1. The number of carbonyl (C=O) groups is 3. The fraction of sp³-hybridized carbons (Fsp3) is 0.294. The Balaban J connectivity index is 2.14. The quantitative estimate of drug-likeness (QED) is 0.621. The number of hydrogen-bond donors (Lipinski definition) is 3. The zero-order valence-electron chi connectivity index (χ0n) is 15.0. The Kier molecular flexibility index (Phi) is 6.98. The third-order valence-corrected chi connectivity index (χ3v) is 4.83. The van der Waals surface area contributed by atoms with Crippen LogP contribution >= 0.6 is 27.5 Å². The van der Waals surface area contributed by atoms with Crippen LogP contribution in [0.5, 0.6) is 0 Å². The molecule has 0 saturated heterocycles. The standard InChI is InChI=1S/C17H19BrClN5O3/c1-4-11(17(27)24(2)3)20-16(26)13-12(18)14(23-22-13)21-15(25)9-7-5-6-8-10(9)19/h5-8,11H,4H2,1-3H3,(H,20,26)(H2,21,22,23,25)/t11-/m1/s1. The normalized spacial score (nSPS) is 11.6. The highest BCUT2D eigenvalue weighted by atomic mass is 79.9. The maximum absolute atomic E-state index is 12.5. The van der Waals surface area contributed by atoms with Gasteiger partial charge in [0.1, 0.15) is 11.9 Å². The molecule has 0 bridgehead atoms. The molecule has 10 heteroatoms. The molecular weight excluding hydrogens is 438 g/mol. The lowest BCUT2D eigenvalue weighted by Crippen LogP contribution is -2.46. The van der Waals surface area contributed by atoms with Crippen LogP contribution in [0.2, 0.25) is 5.02 Å². The summed E-state index contributed by atoms with van der Waals surface area (Å²) in [5.74, 6) is -1.01. The molecule has 144 valence electrons. The van der Waals surface area contributed by atoms with E-state index in [1.165, 1.54) is 4.90 Å². The first-order chi connectivity index (χ1) is 12.8. The molecule has 27 heavy (non-hydrogen) atoms. The Hall–Kier alpha value is -2.39. The van der Waals surface area contributed by atoms with Crippen LogP contribution in [-0.2, 0) is 4.79 Å². The molecule has 0 aliphatic heterocycles. The second kappa shape index (κ2) is 9.01. The van der Waals surface area contributed by atoms with Crippen molar-refractivity contribution in [3.63, 3.8) is 0 Å². The molecule has 2 aromatic rings. The number of carbonyl (C=O) groups excluding carboxylic acids is 3. The molecule has 8 nitrogen and oxygen atoms in total. The number of H-pyrrole nitrogens is 1. The average Bonchev–Trinajstić information content (AvgIpc) is 2.99. The molecule has 1 aromatic heterocycles. The van der Waals surface area contributed by atoms with Gasteiger partial charge in [0.25, 0.3) is 11.8 Å². The Labute approximate surface area is 169 Å². The molecule has 0 fully saturated rings. The number of nitrogens with one attached hydrogen (secondary N) is 3. The van der Waals surface area contributed by atoms with E-state index in [0.29, 0.717) is 11.4 Å². The maximum Gasteiger partial charge on any atom is 0.273 e. The number of likely N-dealkylation sites (N-methyl/N-ethyl adjacent to an activating group) is 1. The molecule has 1 aromatic carbocycles. The second-order valence-electron chi connectivity index (χ2n) is 5.86. The first-order valence-corrected chi connectivity index (χ1v) is 9.25. The summed E-state index contributed by atoms with van der Waals surface area (Å²) in [6, 6.07) is 5.91. The lowest BCUT2D eigenvalue weighted by molar-refractivity contribution is -0.130. The van der Waals surface area contributed by atoms with Gasteiger partial charge in [-0.25, -0.2) is 0 Å². The lowest BCUT2D eigenvalue weighted by Gasteiger charge is -2.19. The number of rotatable bonds is 6. The van der Waals surface area contributed by atoms with Crippen molar-refractivity contribution in [2.45, 2.75) is 19.4 Å². The first kappa shape index (κ1) is 20.9. The summed E-state index contributed by atoms with van der Waals surface area (Å²) in [5.41, 5.74) is 0.309. The summed E-state index contributed by atoms with van der Waals surface area (Å²) < 4.78 is 0.271. The zero-order chi connectivity index (χ0) is 20.1. The Morgan fingerprint density at radius 2 is 1.93 bits per heavy atom. The summed E-state index contributed by atoms with van der Waals surface area (Å²) in [6.07, 6.45) is 0.431. The predicted octanol–water partition coefficient (Wildman–Crippen LogP) is 2.67. The minimum atomic E-state index is -0.669. The highest BCUT2D eigenvalue weighted by molar-refractivity contribution is 9.10. The fourth-order valence-electron chi connectivity index (χ4n) is 2.26. The second-order valence-corrected chi connectivity index (χ2v) is 7.06. The summed E-state index contributed by atoms with van der Waals surface area (Å²) >= 11 is 9.26. The highest BCUT2D eigenvalue weighted by Gasteiger charge is 2.25. The van der Waals surface area contributed by atoms with Crippen LogP contribution in [0.4, 0.5) is 5.82 Å². The van der Waals surface area contributed by atoms with Gasteiger partial charge in [0.2, 0.25) is 5.91 Å². The third-order valence-electron chi connectivity index (χ3n) is 3.73. The van der Waals surface area contributed by atoms with Gasteiger partial charge >= 0.3 is 0 Å².